The van der Waals surface area contributed by atoms with Gasteiger partial charge in [-0.1, -0.05) is 0 Å². The van der Waals surface area contributed by atoms with Crippen LogP contribution in [-0.2, 0) is 10.0 Å². The van der Waals surface area contributed by atoms with Crippen molar-refractivity contribution in [3.8, 4) is 0 Å². The average molecular weight is 246 g/mol. The van der Waals surface area contributed by atoms with Crippen molar-refractivity contribution in [1.82, 2.24) is 4.72 Å². The molecule has 0 fully saturated rings. The molecule has 1 heterocycles. The Morgan fingerprint density at radius 1 is 1.50 bits per heavy atom. The minimum atomic E-state index is -3.30. The monoisotopic (exact) mass is 246 g/mol. The Morgan fingerprint density at radius 2 is 2.12 bits per heavy atom. The van der Waals surface area contributed by atoms with Crippen LogP contribution in [0.15, 0.2) is 10.5 Å². The fourth-order valence-corrected chi connectivity index (χ4v) is 2.72. The summed E-state index contributed by atoms with van der Waals surface area (Å²) in [5.74, 6) is 1.45. The second-order valence-corrected chi connectivity index (χ2v) is 5.69. The molecule has 0 aliphatic carbocycles. The molecular formula is C10H18N2O3S. The van der Waals surface area contributed by atoms with Crippen LogP contribution in [0.25, 0.3) is 0 Å². The Morgan fingerprint density at radius 3 is 2.56 bits per heavy atom. The Hall–Kier alpha value is -0.850. The van der Waals surface area contributed by atoms with Crippen LogP contribution in [0.4, 0.5) is 0 Å². The summed E-state index contributed by atoms with van der Waals surface area (Å²) < 4.78 is 30.9. The van der Waals surface area contributed by atoms with Crippen LogP contribution >= 0.6 is 0 Å². The molecular weight excluding hydrogens is 228 g/mol. The smallest absolute Gasteiger partial charge is 0.213 e. The molecule has 0 aromatic carbocycles. The number of hydrogen-bond acceptors (Lipinski definition) is 4. The van der Waals surface area contributed by atoms with Gasteiger partial charge in [0.2, 0.25) is 10.0 Å². The lowest BCUT2D eigenvalue weighted by Gasteiger charge is -2.12. The molecule has 1 rings (SSSR count). The number of rotatable bonds is 5. The molecule has 0 amide bonds. The van der Waals surface area contributed by atoms with Crippen LogP contribution in [0.3, 0.4) is 0 Å². The topological polar surface area (TPSA) is 85.3 Å². The van der Waals surface area contributed by atoms with Crippen LogP contribution in [0, 0.1) is 13.8 Å². The quantitative estimate of drug-likeness (QED) is 0.806. The van der Waals surface area contributed by atoms with Gasteiger partial charge in [0.25, 0.3) is 0 Å². The highest BCUT2D eigenvalue weighted by atomic mass is 32.2. The molecule has 3 N–H and O–H groups in total. The molecule has 0 saturated carbocycles. The number of hydrogen-bond donors (Lipinski definition) is 2. The molecule has 1 atom stereocenters. The highest BCUT2D eigenvalue weighted by molar-refractivity contribution is 7.89. The first-order chi connectivity index (χ1) is 7.35. The van der Waals surface area contributed by atoms with Crippen molar-refractivity contribution in [1.29, 1.82) is 0 Å². The molecule has 92 valence electrons. The van der Waals surface area contributed by atoms with E-state index in [1.54, 1.807) is 6.92 Å². The van der Waals surface area contributed by atoms with E-state index in [0.29, 0.717) is 0 Å². The van der Waals surface area contributed by atoms with Crippen molar-refractivity contribution in [2.24, 2.45) is 5.73 Å². The number of nitrogens with one attached hydrogen (secondary N) is 1. The third kappa shape index (κ3) is 3.33. The maximum Gasteiger partial charge on any atom is 0.213 e. The Kier molecular flexibility index (Phi) is 4.12. The third-order valence-electron chi connectivity index (χ3n) is 2.29. The van der Waals surface area contributed by atoms with Crippen LogP contribution in [-0.4, -0.2) is 20.7 Å². The minimum absolute atomic E-state index is 0.0623. The van der Waals surface area contributed by atoms with E-state index >= 15 is 0 Å². The molecule has 0 aliphatic rings. The van der Waals surface area contributed by atoms with Crippen molar-refractivity contribution >= 4 is 10.0 Å². The summed E-state index contributed by atoms with van der Waals surface area (Å²) in [6.45, 7) is 5.55. The summed E-state index contributed by atoms with van der Waals surface area (Å²) in [7, 11) is -3.30. The number of aryl methyl sites for hydroxylation is 2. The Labute approximate surface area is 96.1 Å². The van der Waals surface area contributed by atoms with Crippen LogP contribution < -0.4 is 10.5 Å². The first kappa shape index (κ1) is 13.2. The summed E-state index contributed by atoms with van der Waals surface area (Å²) in [5, 5.41) is 0. The fraction of sp³-hybridized carbons (Fsp3) is 0.600. The summed E-state index contributed by atoms with van der Waals surface area (Å²) in [4.78, 5) is 0. The zero-order valence-corrected chi connectivity index (χ0v) is 10.6. The maximum absolute atomic E-state index is 11.5. The van der Waals surface area contributed by atoms with Crippen molar-refractivity contribution in [2.45, 2.75) is 26.8 Å². The molecule has 6 heteroatoms. The van der Waals surface area contributed by atoms with Crippen molar-refractivity contribution in [3.63, 3.8) is 0 Å². The zero-order chi connectivity index (χ0) is 12.3. The van der Waals surface area contributed by atoms with E-state index in [1.807, 2.05) is 19.9 Å². The van der Waals surface area contributed by atoms with Crippen molar-refractivity contribution in [2.75, 3.05) is 12.3 Å². The summed E-state index contributed by atoms with van der Waals surface area (Å²) in [5.41, 5.74) is 6.08. The first-order valence-corrected chi connectivity index (χ1v) is 6.78. The molecule has 1 aromatic heterocycles. The number of sulfonamides is 1. The van der Waals surface area contributed by atoms with Crippen molar-refractivity contribution in [3.05, 3.63) is 23.2 Å². The minimum Gasteiger partial charge on any atom is -0.466 e. The summed E-state index contributed by atoms with van der Waals surface area (Å²) in [6.07, 6.45) is 0. The standard InChI is InChI=1S/C10H18N2O3S/c1-7-6-10(9(3)15-7)8(2)12-16(13,14)5-4-11/h6,8,12H,4-5,11H2,1-3H3. The molecule has 1 aromatic rings. The van der Waals surface area contributed by atoms with E-state index in [-0.39, 0.29) is 18.3 Å². The molecule has 1 unspecified atom stereocenters. The maximum atomic E-state index is 11.5. The van der Waals surface area contributed by atoms with Gasteiger partial charge < -0.3 is 10.2 Å². The third-order valence-corrected chi connectivity index (χ3v) is 3.77. The van der Waals surface area contributed by atoms with Crippen LogP contribution in [0.2, 0.25) is 0 Å². The largest absolute Gasteiger partial charge is 0.466 e. The highest BCUT2D eigenvalue weighted by Gasteiger charge is 2.18. The van der Waals surface area contributed by atoms with E-state index in [4.69, 9.17) is 10.2 Å². The highest BCUT2D eigenvalue weighted by Crippen LogP contribution is 2.21. The van der Waals surface area contributed by atoms with Gasteiger partial charge in [-0.25, -0.2) is 13.1 Å². The Bertz CT molecular complexity index is 451. The van der Waals surface area contributed by atoms with Gasteiger partial charge in [0, 0.05) is 18.2 Å². The second kappa shape index (κ2) is 4.99. The normalized spacial score (nSPS) is 14.0. The summed E-state index contributed by atoms with van der Waals surface area (Å²) in [6, 6.07) is 1.54. The van der Waals surface area contributed by atoms with Gasteiger partial charge in [-0.3, -0.25) is 0 Å². The number of nitrogens with two attached hydrogens (primary N) is 1. The van der Waals surface area contributed by atoms with E-state index in [1.165, 1.54) is 0 Å². The lowest BCUT2D eigenvalue weighted by Crippen LogP contribution is -2.31. The first-order valence-electron chi connectivity index (χ1n) is 5.12. The molecule has 0 saturated heterocycles. The molecule has 0 radical (unpaired) electrons. The van der Waals surface area contributed by atoms with Crippen LogP contribution in [0.5, 0.6) is 0 Å². The SMILES string of the molecule is Cc1cc(C(C)NS(=O)(=O)CCN)c(C)o1. The average Bonchev–Trinajstić information content (AvgIpc) is 2.44. The number of furan rings is 1. The molecule has 16 heavy (non-hydrogen) atoms. The predicted octanol–water partition coefficient (Wildman–Crippen LogP) is 0.836. The molecule has 0 aliphatic heterocycles. The van der Waals surface area contributed by atoms with E-state index < -0.39 is 10.0 Å². The van der Waals surface area contributed by atoms with Gasteiger partial charge in [-0.05, 0) is 26.8 Å². The van der Waals surface area contributed by atoms with Gasteiger partial charge in [0.1, 0.15) is 11.5 Å². The second-order valence-electron chi connectivity index (χ2n) is 3.82. The van der Waals surface area contributed by atoms with Gasteiger partial charge in [-0.15, -0.1) is 0 Å². The van der Waals surface area contributed by atoms with Crippen molar-refractivity contribution < 1.29 is 12.8 Å². The zero-order valence-electron chi connectivity index (χ0n) is 9.78. The summed E-state index contributed by atoms with van der Waals surface area (Å²) >= 11 is 0. The Balaban J connectivity index is 2.80. The van der Waals surface area contributed by atoms with Gasteiger partial charge in [-0.2, -0.15) is 0 Å². The molecule has 5 nitrogen and oxygen atoms in total. The predicted molar refractivity (Wildman–Crippen MR) is 62.6 cm³/mol. The molecule has 0 bridgehead atoms. The molecule has 0 spiro atoms. The van der Waals surface area contributed by atoms with E-state index in [9.17, 15) is 8.42 Å². The van der Waals surface area contributed by atoms with Gasteiger partial charge in [0.05, 0.1) is 5.75 Å². The van der Waals surface area contributed by atoms with Gasteiger partial charge in [0.15, 0.2) is 0 Å². The van der Waals surface area contributed by atoms with Gasteiger partial charge >= 0.3 is 0 Å². The lowest BCUT2D eigenvalue weighted by molar-refractivity contribution is 0.496. The van der Waals surface area contributed by atoms with Crippen LogP contribution in [0.1, 0.15) is 30.0 Å². The van der Waals surface area contributed by atoms with E-state index in [0.717, 1.165) is 17.1 Å². The van der Waals surface area contributed by atoms with E-state index in [2.05, 4.69) is 4.72 Å². The fourth-order valence-electron chi connectivity index (χ4n) is 1.63. The lowest BCUT2D eigenvalue weighted by atomic mass is 10.1.